The van der Waals surface area contributed by atoms with Crippen LogP contribution in [-0.2, 0) is 4.79 Å². The highest BCUT2D eigenvalue weighted by Gasteiger charge is 2.15. The summed E-state index contributed by atoms with van der Waals surface area (Å²) in [6, 6.07) is 4.28. The van der Waals surface area contributed by atoms with Gasteiger partial charge in [-0.25, -0.2) is 0 Å². The number of carbonyl (C=O) groups excluding carboxylic acids is 1. The third-order valence-electron chi connectivity index (χ3n) is 1.51. The van der Waals surface area contributed by atoms with Gasteiger partial charge in [-0.05, 0) is 22.0 Å². The minimum absolute atomic E-state index is 0.128. The van der Waals surface area contributed by atoms with Gasteiger partial charge < -0.3 is 10.5 Å². The maximum atomic E-state index is 10.5. The summed E-state index contributed by atoms with van der Waals surface area (Å²) in [6.45, 7) is -0.320. The first-order chi connectivity index (χ1) is 7.02. The summed E-state index contributed by atoms with van der Waals surface area (Å²) in [6.07, 6.45) is 0. The van der Waals surface area contributed by atoms with Gasteiger partial charge in [-0.15, -0.1) is 0 Å². The van der Waals surface area contributed by atoms with E-state index in [1.165, 1.54) is 18.2 Å². The van der Waals surface area contributed by atoms with Crippen LogP contribution >= 0.6 is 15.9 Å². The molecule has 1 aromatic rings. The lowest BCUT2D eigenvalue weighted by Gasteiger charge is -2.05. The number of rotatable bonds is 4. The minimum atomic E-state index is -0.645. The molecule has 1 aromatic carbocycles. The van der Waals surface area contributed by atoms with Crippen LogP contribution in [0.15, 0.2) is 22.7 Å². The molecule has 0 saturated carbocycles. The number of amides is 1. The summed E-state index contributed by atoms with van der Waals surface area (Å²) in [5.74, 6) is -0.434. The average molecular weight is 275 g/mol. The van der Waals surface area contributed by atoms with E-state index in [9.17, 15) is 14.9 Å². The Balaban J connectivity index is 2.94. The number of nitrogens with zero attached hydrogens (tertiary/aromatic N) is 1. The van der Waals surface area contributed by atoms with Crippen LogP contribution in [0.1, 0.15) is 0 Å². The molecule has 0 aliphatic carbocycles. The minimum Gasteiger partial charge on any atom is -0.482 e. The largest absolute Gasteiger partial charge is 0.482 e. The van der Waals surface area contributed by atoms with Gasteiger partial charge >= 0.3 is 0 Å². The van der Waals surface area contributed by atoms with Gasteiger partial charge in [0.15, 0.2) is 6.61 Å². The Hall–Kier alpha value is -1.63. The maximum absolute atomic E-state index is 10.5. The standard InChI is InChI=1S/C8H7BrN2O4/c9-8-5(11(13)14)2-1-3-6(8)15-4-7(10)12/h1-3H,4H2,(H2,10,12). The molecule has 1 amide bonds. The van der Waals surface area contributed by atoms with Crippen molar-refractivity contribution in [3.8, 4) is 5.75 Å². The predicted molar refractivity (Wildman–Crippen MR) is 55.5 cm³/mol. The molecule has 7 heteroatoms. The summed E-state index contributed by atoms with van der Waals surface area (Å²) in [5, 5.41) is 10.5. The third kappa shape index (κ3) is 2.91. The Labute approximate surface area is 93.3 Å². The molecule has 80 valence electrons. The molecule has 0 aromatic heterocycles. The lowest BCUT2D eigenvalue weighted by atomic mass is 10.3. The molecule has 1 rings (SSSR count). The Morgan fingerprint density at radius 2 is 2.27 bits per heavy atom. The predicted octanol–water partition coefficient (Wildman–Crippen LogP) is 1.22. The van der Waals surface area contributed by atoms with Gasteiger partial charge in [0.05, 0.1) is 4.92 Å². The van der Waals surface area contributed by atoms with E-state index in [1.54, 1.807) is 0 Å². The highest BCUT2D eigenvalue weighted by molar-refractivity contribution is 9.10. The van der Waals surface area contributed by atoms with Crippen molar-refractivity contribution >= 4 is 27.5 Å². The van der Waals surface area contributed by atoms with Crippen molar-refractivity contribution in [3.63, 3.8) is 0 Å². The Kier molecular flexibility index (Phi) is 3.62. The quantitative estimate of drug-likeness (QED) is 0.660. The Bertz CT molecular complexity index is 408. The van der Waals surface area contributed by atoms with Crippen LogP contribution < -0.4 is 10.5 Å². The summed E-state index contributed by atoms with van der Waals surface area (Å²) < 4.78 is 5.15. The second kappa shape index (κ2) is 4.74. The number of primary amides is 1. The van der Waals surface area contributed by atoms with Crippen LogP contribution in [0, 0.1) is 10.1 Å². The highest BCUT2D eigenvalue weighted by atomic mass is 79.9. The molecule has 0 spiro atoms. The first kappa shape index (κ1) is 11.4. The summed E-state index contributed by atoms with van der Waals surface area (Å²) in [5.41, 5.74) is 4.75. The zero-order valence-electron chi connectivity index (χ0n) is 7.47. The number of carbonyl (C=O) groups is 1. The topological polar surface area (TPSA) is 95.5 Å². The number of ether oxygens (including phenoxy) is 1. The number of benzene rings is 1. The summed E-state index contributed by atoms with van der Waals surface area (Å²) in [4.78, 5) is 20.4. The summed E-state index contributed by atoms with van der Waals surface area (Å²) >= 11 is 3.01. The molecule has 0 heterocycles. The van der Waals surface area contributed by atoms with Gasteiger partial charge in [-0.3, -0.25) is 14.9 Å². The van der Waals surface area contributed by atoms with Gasteiger partial charge in [0.25, 0.3) is 11.6 Å². The van der Waals surface area contributed by atoms with Gasteiger partial charge in [0, 0.05) is 6.07 Å². The molecule has 0 bridgehead atoms. The molecular formula is C8H7BrN2O4. The van der Waals surface area contributed by atoms with E-state index < -0.39 is 10.8 Å². The molecular weight excluding hydrogens is 268 g/mol. The van der Waals surface area contributed by atoms with Crippen molar-refractivity contribution in [2.45, 2.75) is 0 Å². The smallest absolute Gasteiger partial charge is 0.287 e. The monoisotopic (exact) mass is 274 g/mol. The fraction of sp³-hybridized carbons (Fsp3) is 0.125. The van der Waals surface area contributed by atoms with Crippen molar-refractivity contribution in [1.29, 1.82) is 0 Å². The Morgan fingerprint density at radius 1 is 1.60 bits per heavy atom. The molecule has 0 radical (unpaired) electrons. The molecule has 0 saturated heterocycles. The fourth-order valence-electron chi connectivity index (χ4n) is 0.901. The second-order valence-electron chi connectivity index (χ2n) is 2.60. The van der Waals surface area contributed by atoms with E-state index in [-0.39, 0.29) is 22.5 Å². The molecule has 2 N–H and O–H groups in total. The molecule has 15 heavy (non-hydrogen) atoms. The highest BCUT2D eigenvalue weighted by Crippen LogP contribution is 2.33. The van der Waals surface area contributed by atoms with Gasteiger partial charge in [0.1, 0.15) is 10.2 Å². The molecule has 0 fully saturated rings. The lowest BCUT2D eigenvalue weighted by Crippen LogP contribution is -2.20. The number of nitrogens with two attached hydrogens (primary N) is 1. The van der Waals surface area contributed by atoms with Crippen molar-refractivity contribution < 1.29 is 14.5 Å². The molecule has 0 aliphatic heterocycles. The van der Waals surface area contributed by atoms with Crippen LogP contribution in [0.4, 0.5) is 5.69 Å². The van der Waals surface area contributed by atoms with Gasteiger partial charge in [-0.2, -0.15) is 0 Å². The van der Waals surface area contributed by atoms with E-state index in [1.807, 2.05) is 0 Å². The number of nitro groups is 1. The van der Waals surface area contributed by atoms with Crippen LogP contribution in [0.25, 0.3) is 0 Å². The van der Waals surface area contributed by atoms with E-state index >= 15 is 0 Å². The zero-order chi connectivity index (χ0) is 11.4. The first-order valence-electron chi connectivity index (χ1n) is 3.86. The lowest BCUT2D eigenvalue weighted by molar-refractivity contribution is -0.385. The number of hydrogen-bond acceptors (Lipinski definition) is 4. The van der Waals surface area contributed by atoms with Crippen LogP contribution in [0.3, 0.4) is 0 Å². The maximum Gasteiger partial charge on any atom is 0.287 e. The van der Waals surface area contributed by atoms with Crippen LogP contribution in [-0.4, -0.2) is 17.4 Å². The van der Waals surface area contributed by atoms with Crippen molar-refractivity contribution in [1.82, 2.24) is 0 Å². The number of hydrogen-bond donors (Lipinski definition) is 1. The first-order valence-corrected chi connectivity index (χ1v) is 4.65. The molecule has 0 atom stereocenters. The molecule has 0 unspecified atom stereocenters. The molecule has 0 aliphatic rings. The Morgan fingerprint density at radius 3 is 2.80 bits per heavy atom. The van der Waals surface area contributed by atoms with Crippen LogP contribution in [0.2, 0.25) is 0 Å². The van der Waals surface area contributed by atoms with E-state index in [0.29, 0.717) is 0 Å². The van der Waals surface area contributed by atoms with Crippen molar-refractivity contribution in [3.05, 3.63) is 32.8 Å². The number of halogens is 1. The SMILES string of the molecule is NC(=O)COc1cccc([N+](=O)[O-])c1Br. The van der Waals surface area contributed by atoms with Crippen LogP contribution in [0.5, 0.6) is 5.75 Å². The van der Waals surface area contributed by atoms with E-state index in [4.69, 9.17) is 10.5 Å². The molecule has 6 nitrogen and oxygen atoms in total. The van der Waals surface area contributed by atoms with Gasteiger partial charge in [-0.1, -0.05) is 6.07 Å². The third-order valence-corrected chi connectivity index (χ3v) is 2.31. The zero-order valence-corrected chi connectivity index (χ0v) is 9.06. The van der Waals surface area contributed by atoms with E-state index in [2.05, 4.69) is 15.9 Å². The fourth-order valence-corrected chi connectivity index (χ4v) is 1.42. The average Bonchev–Trinajstić information content (AvgIpc) is 2.15. The van der Waals surface area contributed by atoms with Gasteiger partial charge in [0.2, 0.25) is 0 Å². The van der Waals surface area contributed by atoms with Crippen molar-refractivity contribution in [2.24, 2.45) is 5.73 Å². The number of nitro benzene ring substituents is 1. The van der Waals surface area contributed by atoms with E-state index in [0.717, 1.165) is 0 Å². The normalized spacial score (nSPS) is 9.67. The van der Waals surface area contributed by atoms with Crippen molar-refractivity contribution in [2.75, 3.05) is 6.61 Å². The summed E-state index contributed by atoms with van der Waals surface area (Å²) in [7, 11) is 0. The second-order valence-corrected chi connectivity index (χ2v) is 3.39.